The molecule has 0 saturated heterocycles. The molecule has 0 spiro atoms. The second kappa shape index (κ2) is 4.02. The summed E-state index contributed by atoms with van der Waals surface area (Å²) < 4.78 is 0. The summed E-state index contributed by atoms with van der Waals surface area (Å²) in [6, 6.07) is 5.03. The Bertz CT molecular complexity index is 336. The molecule has 0 heterocycles. The van der Waals surface area contributed by atoms with Crippen molar-refractivity contribution in [3.8, 4) is 0 Å². The van der Waals surface area contributed by atoms with E-state index in [0.717, 1.165) is 0 Å². The Morgan fingerprint density at radius 3 is 2.54 bits per heavy atom. The van der Waals surface area contributed by atoms with Crippen LogP contribution in [0.1, 0.15) is 5.56 Å². The fourth-order valence-electron chi connectivity index (χ4n) is 1.16. The van der Waals surface area contributed by atoms with Crippen molar-refractivity contribution in [2.45, 2.75) is 0 Å². The monoisotopic (exact) mass is 175 g/mol. The van der Waals surface area contributed by atoms with E-state index in [2.05, 4.69) is 18.3 Å². The first-order valence-electron chi connectivity index (χ1n) is 3.79. The van der Waals surface area contributed by atoms with Gasteiger partial charge in [-0.05, 0) is 23.8 Å². The fourth-order valence-corrected chi connectivity index (χ4v) is 1.16. The van der Waals surface area contributed by atoms with Crippen molar-refractivity contribution in [3.63, 3.8) is 0 Å². The lowest BCUT2D eigenvalue weighted by molar-refractivity contribution is 0.425. The van der Waals surface area contributed by atoms with E-state index in [9.17, 15) is 0 Å². The van der Waals surface area contributed by atoms with Crippen LogP contribution in [0.25, 0.3) is 6.08 Å². The first-order valence-corrected chi connectivity index (χ1v) is 3.79. The van der Waals surface area contributed by atoms with Gasteiger partial charge in [-0.15, -0.1) is 0 Å². The van der Waals surface area contributed by atoms with Crippen molar-refractivity contribution in [2.75, 3.05) is 0 Å². The van der Waals surface area contributed by atoms with Gasteiger partial charge >= 0.3 is 7.12 Å². The minimum atomic E-state index is -1.50. The van der Waals surface area contributed by atoms with E-state index in [-0.39, 0.29) is 0 Å². The normalized spacial score (nSPS) is 9.38. The van der Waals surface area contributed by atoms with Crippen molar-refractivity contribution in [3.05, 3.63) is 30.3 Å². The predicted molar refractivity (Wildman–Crippen MR) is 55.6 cm³/mol. The zero-order chi connectivity index (χ0) is 9.84. The maximum absolute atomic E-state index is 9.00. The first kappa shape index (κ1) is 9.70. The van der Waals surface area contributed by atoms with E-state index in [1.54, 1.807) is 18.2 Å². The second-order valence-electron chi connectivity index (χ2n) is 2.52. The largest absolute Gasteiger partial charge is 0.489 e. The van der Waals surface area contributed by atoms with Crippen LogP contribution >= 0.6 is 0 Å². The smallest absolute Gasteiger partial charge is 0.423 e. The molecule has 0 unspecified atom stereocenters. The van der Waals surface area contributed by atoms with E-state index >= 15 is 0 Å². The molecular formula is C9H10BNO2. The summed E-state index contributed by atoms with van der Waals surface area (Å²) in [5, 5.41) is 18.0. The number of rotatable bonds is 3. The summed E-state index contributed by atoms with van der Waals surface area (Å²) in [5.41, 5.74) is 1.59. The van der Waals surface area contributed by atoms with Crippen molar-refractivity contribution >= 4 is 31.1 Å². The third-order valence-corrected chi connectivity index (χ3v) is 1.77. The van der Waals surface area contributed by atoms with Gasteiger partial charge in [0.15, 0.2) is 0 Å². The second-order valence-corrected chi connectivity index (χ2v) is 2.52. The van der Waals surface area contributed by atoms with Crippen LogP contribution < -0.4 is 5.46 Å². The van der Waals surface area contributed by atoms with Gasteiger partial charge in [-0.3, -0.25) is 4.99 Å². The molecule has 13 heavy (non-hydrogen) atoms. The summed E-state index contributed by atoms with van der Waals surface area (Å²) in [4.78, 5) is 3.74. The number of benzene rings is 1. The molecular weight excluding hydrogens is 165 g/mol. The number of hydrogen-bond donors (Lipinski definition) is 2. The molecule has 0 fully saturated rings. The van der Waals surface area contributed by atoms with Crippen molar-refractivity contribution in [1.82, 2.24) is 0 Å². The number of aliphatic imine (C=N–C) groups is 1. The molecule has 0 aliphatic heterocycles. The molecule has 0 radical (unpaired) electrons. The number of hydrogen-bond acceptors (Lipinski definition) is 3. The molecule has 2 N–H and O–H groups in total. The SMILES string of the molecule is C=Cc1c(N=C)cccc1B(O)O. The van der Waals surface area contributed by atoms with E-state index in [0.29, 0.717) is 16.7 Å². The Labute approximate surface area is 77.2 Å². The highest BCUT2D eigenvalue weighted by molar-refractivity contribution is 6.59. The van der Waals surface area contributed by atoms with E-state index in [1.807, 2.05) is 0 Å². The molecule has 4 heteroatoms. The summed E-state index contributed by atoms with van der Waals surface area (Å²) in [6.45, 7) is 6.95. The lowest BCUT2D eigenvalue weighted by atomic mass is 9.76. The maximum atomic E-state index is 9.00. The van der Waals surface area contributed by atoms with Crippen molar-refractivity contribution in [1.29, 1.82) is 0 Å². The summed E-state index contributed by atoms with van der Waals surface area (Å²) in [6.07, 6.45) is 1.53. The van der Waals surface area contributed by atoms with Crippen molar-refractivity contribution < 1.29 is 10.0 Å². The Balaban J connectivity index is 3.35. The van der Waals surface area contributed by atoms with Gasteiger partial charge in [-0.1, -0.05) is 24.8 Å². The van der Waals surface area contributed by atoms with Gasteiger partial charge in [-0.25, -0.2) is 0 Å². The summed E-state index contributed by atoms with van der Waals surface area (Å²) in [5.74, 6) is 0. The van der Waals surface area contributed by atoms with Crippen LogP contribution in [0.3, 0.4) is 0 Å². The van der Waals surface area contributed by atoms with E-state index in [4.69, 9.17) is 10.0 Å². The Hall–Kier alpha value is -1.39. The van der Waals surface area contributed by atoms with Gasteiger partial charge in [0.2, 0.25) is 0 Å². The molecule has 0 bridgehead atoms. The third kappa shape index (κ3) is 1.85. The molecule has 3 nitrogen and oxygen atoms in total. The molecule has 1 aromatic carbocycles. The van der Waals surface area contributed by atoms with Gasteiger partial charge in [0.1, 0.15) is 0 Å². The molecule has 0 amide bonds. The zero-order valence-electron chi connectivity index (χ0n) is 7.14. The molecule has 0 aliphatic carbocycles. The molecule has 0 saturated carbocycles. The number of nitrogens with zero attached hydrogens (tertiary/aromatic N) is 1. The van der Waals surface area contributed by atoms with Crippen LogP contribution in [0.2, 0.25) is 0 Å². The average molecular weight is 175 g/mol. The Morgan fingerprint density at radius 2 is 2.08 bits per heavy atom. The minimum Gasteiger partial charge on any atom is -0.423 e. The van der Waals surface area contributed by atoms with Crippen LogP contribution in [0.4, 0.5) is 5.69 Å². The van der Waals surface area contributed by atoms with Gasteiger partial charge in [0.25, 0.3) is 0 Å². The fraction of sp³-hybridized carbons (Fsp3) is 0. The average Bonchev–Trinajstić information content (AvgIpc) is 2.16. The van der Waals surface area contributed by atoms with Gasteiger partial charge < -0.3 is 10.0 Å². The van der Waals surface area contributed by atoms with Crippen LogP contribution in [-0.4, -0.2) is 23.9 Å². The molecule has 1 aromatic rings. The lowest BCUT2D eigenvalue weighted by Crippen LogP contribution is -2.31. The first-order chi connectivity index (χ1) is 6.20. The topological polar surface area (TPSA) is 52.8 Å². The van der Waals surface area contributed by atoms with Crippen LogP contribution in [0.15, 0.2) is 29.8 Å². The van der Waals surface area contributed by atoms with Gasteiger partial charge in [0.05, 0.1) is 5.69 Å². The maximum Gasteiger partial charge on any atom is 0.489 e. The van der Waals surface area contributed by atoms with Gasteiger partial charge in [-0.2, -0.15) is 0 Å². The molecule has 0 atom stereocenters. The minimum absolute atomic E-state index is 0.389. The lowest BCUT2D eigenvalue weighted by Gasteiger charge is -2.06. The van der Waals surface area contributed by atoms with E-state index in [1.165, 1.54) is 6.08 Å². The van der Waals surface area contributed by atoms with E-state index < -0.39 is 7.12 Å². The predicted octanol–water partition coefficient (Wildman–Crippen LogP) is 0.341. The highest BCUT2D eigenvalue weighted by atomic mass is 16.4. The standard InChI is InChI=1S/C9H10BNO2/c1-3-7-8(10(12)13)5-4-6-9(7)11-2/h3-6,12-13H,1-2H2. The van der Waals surface area contributed by atoms with Crippen LogP contribution in [0, 0.1) is 0 Å². The van der Waals surface area contributed by atoms with Crippen molar-refractivity contribution in [2.24, 2.45) is 4.99 Å². The van der Waals surface area contributed by atoms with Gasteiger partial charge in [0, 0.05) is 0 Å². The highest BCUT2D eigenvalue weighted by Crippen LogP contribution is 2.17. The molecule has 66 valence electrons. The third-order valence-electron chi connectivity index (χ3n) is 1.77. The Kier molecular flexibility index (Phi) is 3.00. The summed E-state index contributed by atoms with van der Waals surface area (Å²) >= 11 is 0. The highest BCUT2D eigenvalue weighted by Gasteiger charge is 2.15. The molecule has 0 aliphatic rings. The van der Waals surface area contributed by atoms with Crippen LogP contribution in [0.5, 0.6) is 0 Å². The van der Waals surface area contributed by atoms with Crippen LogP contribution in [-0.2, 0) is 0 Å². The molecule has 1 rings (SSSR count). The molecule has 0 aromatic heterocycles. The summed E-state index contributed by atoms with van der Waals surface area (Å²) in [7, 11) is -1.50. The quantitative estimate of drug-likeness (QED) is 0.514. The Morgan fingerprint density at radius 1 is 1.38 bits per heavy atom. The zero-order valence-corrected chi connectivity index (χ0v) is 7.14.